The predicted octanol–water partition coefficient (Wildman–Crippen LogP) is 2.72. The molecule has 0 radical (unpaired) electrons. The quantitative estimate of drug-likeness (QED) is 0.938. The Morgan fingerprint density at radius 3 is 2.95 bits per heavy atom. The SMILES string of the molecule is N#Cc1cc(F)cc(CNCc2cccc3c2OCO3)c1. The molecule has 1 aliphatic rings. The minimum Gasteiger partial charge on any atom is -0.454 e. The molecular formula is C16H13FN2O2. The van der Waals surface area contributed by atoms with E-state index < -0.39 is 5.82 Å². The second-order valence-corrected chi connectivity index (χ2v) is 4.71. The zero-order valence-corrected chi connectivity index (χ0v) is 11.2. The molecule has 0 bridgehead atoms. The van der Waals surface area contributed by atoms with Gasteiger partial charge in [-0.25, -0.2) is 4.39 Å². The lowest BCUT2D eigenvalue weighted by Crippen LogP contribution is -2.13. The van der Waals surface area contributed by atoms with Crippen molar-refractivity contribution in [1.29, 1.82) is 5.26 Å². The first-order chi connectivity index (χ1) is 10.3. The van der Waals surface area contributed by atoms with Crippen LogP contribution in [0.2, 0.25) is 0 Å². The van der Waals surface area contributed by atoms with Crippen LogP contribution in [0.5, 0.6) is 11.5 Å². The van der Waals surface area contributed by atoms with Gasteiger partial charge < -0.3 is 14.8 Å². The van der Waals surface area contributed by atoms with Crippen LogP contribution in [0, 0.1) is 17.1 Å². The summed E-state index contributed by atoms with van der Waals surface area (Å²) in [6, 6.07) is 12.0. The van der Waals surface area contributed by atoms with E-state index in [1.54, 1.807) is 6.07 Å². The van der Waals surface area contributed by atoms with E-state index in [-0.39, 0.29) is 6.79 Å². The molecule has 0 saturated carbocycles. The number of rotatable bonds is 4. The summed E-state index contributed by atoms with van der Waals surface area (Å²) >= 11 is 0. The Labute approximate surface area is 121 Å². The smallest absolute Gasteiger partial charge is 0.231 e. The minimum absolute atomic E-state index is 0.238. The van der Waals surface area contributed by atoms with Crippen LogP contribution in [0.4, 0.5) is 4.39 Å². The van der Waals surface area contributed by atoms with Crippen LogP contribution in [0.3, 0.4) is 0 Å². The van der Waals surface area contributed by atoms with Gasteiger partial charge in [0.05, 0.1) is 11.6 Å². The van der Waals surface area contributed by atoms with E-state index in [2.05, 4.69) is 5.32 Å². The first kappa shape index (κ1) is 13.4. The Hall–Kier alpha value is -2.58. The van der Waals surface area contributed by atoms with Crippen LogP contribution in [-0.4, -0.2) is 6.79 Å². The van der Waals surface area contributed by atoms with Gasteiger partial charge in [-0.2, -0.15) is 5.26 Å². The van der Waals surface area contributed by atoms with E-state index in [0.717, 1.165) is 22.6 Å². The monoisotopic (exact) mass is 284 g/mol. The maximum absolute atomic E-state index is 13.3. The Kier molecular flexibility index (Phi) is 3.71. The molecule has 0 aliphatic carbocycles. The molecule has 3 rings (SSSR count). The van der Waals surface area contributed by atoms with Gasteiger partial charge in [-0.3, -0.25) is 0 Å². The summed E-state index contributed by atoms with van der Waals surface area (Å²) in [7, 11) is 0. The molecule has 0 atom stereocenters. The molecule has 4 nitrogen and oxygen atoms in total. The van der Waals surface area contributed by atoms with Crippen LogP contribution in [0.15, 0.2) is 36.4 Å². The Morgan fingerprint density at radius 1 is 1.19 bits per heavy atom. The number of ether oxygens (including phenoxy) is 2. The molecule has 0 spiro atoms. The van der Waals surface area contributed by atoms with Crippen LogP contribution >= 0.6 is 0 Å². The Bertz CT molecular complexity index is 710. The van der Waals surface area contributed by atoms with Crippen molar-refractivity contribution in [2.75, 3.05) is 6.79 Å². The molecule has 0 amide bonds. The third-order valence-corrected chi connectivity index (χ3v) is 3.21. The first-order valence-corrected chi connectivity index (χ1v) is 6.54. The number of benzene rings is 2. The van der Waals surface area contributed by atoms with Gasteiger partial charge in [-0.05, 0) is 29.8 Å². The van der Waals surface area contributed by atoms with E-state index in [9.17, 15) is 4.39 Å². The zero-order chi connectivity index (χ0) is 14.7. The lowest BCUT2D eigenvalue weighted by Gasteiger charge is -2.08. The lowest BCUT2D eigenvalue weighted by atomic mass is 10.1. The highest BCUT2D eigenvalue weighted by Gasteiger charge is 2.16. The molecule has 21 heavy (non-hydrogen) atoms. The Morgan fingerprint density at radius 2 is 2.10 bits per heavy atom. The van der Waals surface area contributed by atoms with E-state index in [0.29, 0.717) is 18.7 Å². The number of nitrogens with zero attached hydrogens (tertiary/aromatic N) is 1. The van der Waals surface area contributed by atoms with E-state index >= 15 is 0 Å². The fraction of sp³-hybridized carbons (Fsp3) is 0.188. The summed E-state index contributed by atoms with van der Waals surface area (Å²) in [5.41, 5.74) is 2.04. The van der Waals surface area contributed by atoms with E-state index in [4.69, 9.17) is 14.7 Å². The average molecular weight is 284 g/mol. The van der Waals surface area contributed by atoms with E-state index in [1.165, 1.54) is 12.1 Å². The topological polar surface area (TPSA) is 54.3 Å². The van der Waals surface area contributed by atoms with Gasteiger partial charge in [0.1, 0.15) is 5.82 Å². The molecular weight excluding hydrogens is 271 g/mol. The molecule has 0 saturated heterocycles. The lowest BCUT2D eigenvalue weighted by molar-refractivity contribution is 0.173. The molecule has 0 fully saturated rings. The van der Waals surface area contributed by atoms with Gasteiger partial charge in [0, 0.05) is 18.7 Å². The third-order valence-electron chi connectivity index (χ3n) is 3.21. The molecule has 5 heteroatoms. The summed E-state index contributed by atoms with van der Waals surface area (Å²) in [5, 5.41) is 12.0. The Balaban J connectivity index is 1.66. The summed E-state index contributed by atoms with van der Waals surface area (Å²) in [6.45, 7) is 1.28. The number of para-hydroxylation sites is 1. The third kappa shape index (κ3) is 2.96. The average Bonchev–Trinajstić information content (AvgIpc) is 2.96. The highest BCUT2D eigenvalue weighted by Crippen LogP contribution is 2.35. The fourth-order valence-electron chi connectivity index (χ4n) is 2.29. The summed E-state index contributed by atoms with van der Waals surface area (Å²) in [4.78, 5) is 0. The number of hydrogen-bond acceptors (Lipinski definition) is 4. The van der Waals surface area contributed by atoms with Crippen molar-refractivity contribution in [1.82, 2.24) is 5.32 Å². The summed E-state index contributed by atoms with van der Waals surface area (Å²) < 4.78 is 24.1. The highest BCUT2D eigenvalue weighted by atomic mass is 19.1. The minimum atomic E-state index is -0.400. The van der Waals surface area contributed by atoms with Gasteiger partial charge in [0.15, 0.2) is 11.5 Å². The van der Waals surface area contributed by atoms with Crippen molar-refractivity contribution in [2.45, 2.75) is 13.1 Å². The molecule has 0 aromatic heterocycles. The first-order valence-electron chi connectivity index (χ1n) is 6.54. The van der Waals surface area contributed by atoms with Crippen LogP contribution in [0.1, 0.15) is 16.7 Å². The number of nitriles is 1. The zero-order valence-electron chi connectivity index (χ0n) is 11.2. The van der Waals surface area contributed by atoms with Gasteiger partial charge in [0.25, 0.3) is 0 Å². The van der Waals surface area contributed by atoms with Crippen molar-refractivity contribution in [2.24, 2.45) is 0 Å². The molecule has 1 aliphatic heterocycles. The van der Waals surface area contributed by atoms with Crippen molar-refractivity contribution in [3.05, 3.63) is 58.9 Å². The van der Waals surface area contributed by atoms with Crippen LogP contribution < -0.4 is 14.8 Å². The molecule has 1 N–H and O–H groups in total. The fourth-order valence-corrected chi connectivity index (χ4v) is 2.29. The maximum atomic E-state index is 13.3. The second-order valence-electron chi connectivity index (χ2n) is 4.71. The number of nitrogens with one attached hydrogen (secondary N) is 1. The largest absolute Gasteiger partial charge is 0.454 e. The van der Waals surface area contributed by atoms with Crippen LogP contribution in [0.25, 0.3) is 0 Å². The standard InChI is InChI=1S/C16H13FN2O2/c17-14-5-11(7-18)4-12(6-14)8-19-9-13-2-1-3-15-16(13)21-10-20-15/h1-6,19H,8-10H2. The number of fused-ring (bicyclic) bond motifs is 1. The highest BCUT2D eigenvalue weighted by molar-refractivity contribution is 5.48. The van der Waals surface area contributed by atoms with Gasteiger partial charge in [-0.15, -0.1) is 0 Å². The van der Waals surface area contributed by atoms with Gasteiger partial charge >= 0.3 is 0 Å². The predicted molar refractivity (Wildman–Crippen MR) is 74.2 cm³/mol. The van der Waals surface area contributed by atoms with Crippen LogP contribution in [-0.2, 0) is 13.1 Å². The van der Waals surface area contributed by atoms with Crippen molar-refractivity contribution < 1.29 is 13.9 Å². The molecule has 2 aromatic carbocycles. The summed E-state index contributed by atoms with van der Waals surface area (Å²) in [6.07, 6.45) is 0. The normalized spacial score (nSPS) is 12.2. The summed E-state index contributed by atoms with van der Waals surface area (Å²) in [5.74, 6) is 1.09. The van der Waals surface area contributed by atoms with Crippen molar-refractivity contribution in [3.8, 4) is 17.6 Å². The molecule has 1 heterocycles. The molecule has 106 valence electrons. The van der Waals surface area contributed by atoms with Crippen molar-refractivity contribution >= 4 is 0 Å². The van der Waals surface area contributed by atoms with Gasteiger partial charge in [-0.1, -0.05) is 12.1 Å². The second kappa shape index (κ2) is 5.81. The van der Waals surface area contributed by atoms with E-state index in [1.807, 2.05) is 24.3 Å². The molecule has 2 aromatic rings. The maximum Gasteiger partial charge on any atom is 0.231 e. The molecule has 0 unspecified atom stereocenters. The number of hydrogen-bond donors (Lipinski definition) is 1. The van der Waals surface area contributed by atoms with Gasteiger partial charge in [0.2, 0.25) is 6.79 Å². The number of halogens is 1. The van der Waals surface area contributed by atoms with Crippen molar-refractivity contribution in [3.63, 3.8) is 0 Å².